The van der Waals surface area contributed by atoms with E-state index >= 15 is 0 Å². The molecule has 0 unspecified atom stereocenters. The van der Waals surface area contributed by atoms with E-state index in [1.165, 1.54) is 0 Å². The van der Waals surface area contributed by atoms with Crippen LogP contribution < -0.4 is 19.7 Å². The Balaban J connectivity index is 1.31. The Morgan fingerprint density at radius 3 is 2.41 bits per heavy atom. The van der Waals surface area contributed by atoms with Crippen molar-refractivity contribution in [3.8, 4) is 11.5 Å². The summed E-state index contributed by atoms with van der Waals surface area (Å²) in [5.41, 5.74) is 3.61. The predicted molar refractivity (Wildman–Crippen MR) is 145 cm³/mol. The summed E-state index contributed by atoms with van der Waals surface area (Å²) in [5.74, 6) is 1.60. The van der Waals surface area contributed by atoms with Gasteiger partial charge in [-0.15, -0.1) is 0 Å². The van der Waals surface area contributed by atoms with Crippen LogP contribution in [0.3, 0.4) is 0 Å². The largest absolute Gasteiger partial charge is 0.491 e. The number of hydrogen-bond donors (Lipinski definition) is 1. The highest BCUT2D eigenvalue weighted by molar-refractivity contribution is 7.91. The van der Waals surface area contributed by atoms with Crippen molar-refractivity contribution in [1.29, 1.82) is 0 Å². The summed E-state index contributed by atoms with van der Waals surface area (Å²) in [7, 11) is -3.23. The number of ether oxygens (including phenoxy) is 2. The highest BCUT2D eigenvalue weighted by Crippen LogP contribution is 2.35. The fourth-order valence-electron chi connectivity index (χ4n) is 4.18. The number of hydrogen-bond acceptors (Lipinski definition) is 6. The van der Waals surface area contributed by atoms with Crippen LogP contribution in [0.5, 0.6) is 11.5 Å². The molecule has 3 aromatic rings. The summed E-state index contributed by atoms with van der Waals surface area (Å²) in [6.45, 7) is 8.25. The van der Waals surface area contributed by atoms with Gasteiger partial charge in [-0.1, -0.05) is 31.2 Å². The number of nitrogens with zero attached hydrogens (tertiary/aromatic N) is 1. The quantitative estimate of drug-likeness (QED) is 0.418. The first kappa shape index (κ1) is 26.5. The normalized spacial score (nSPS) is 13.1. The van der Waals surface area contributed by atoms with Crippen LogP contribution in [-0.4, -0.2) is 45.9 Å². The predicted octanol–water partition coefficient (Wildman–Crippen LogP) is 4.64. The smallest absolute Gasteiger partial charge is 0.251 e. The van der Waals surface area contributed by atoms with Crippen LogP contribution in [-0.2, 0) is 22.8 Å². The van der Waals surface area contributed by atoms with E-state index in [0.29, 0.717) is 23.6 Å². The summed E-state index contributed by atoms with van der Waals surface area (Å²) < 4.78 is 35.6. The third kappa shape index (κ3) is 6.83. The van der Waals surface area contributed by atoms with Crippen LogP contribution in [0.4, 0.5) is 5.69 Å². The number of benzene rings is 3. The third-order valence-electron chi connectivity index (χ3n) is 6.26. The van der Waals surface area contributed by atoms with E-state index in [0.717, 1.165) is 47.8 Å². The molecule has 7 nitrogen and oxygen atoms in total. The minimum atomic E-state index is -3.23. The summed E-state index contributed by atoms with van der Waals surface area (Å²) in [5, 5.41) is 2.90. The number of nitrogens with one attached hydrogen (secondary N) is 1. The zero-order chi connectivity index (χ0) is 26.4. The number of rotatable bonds is 10. The summed E-state index contributed by atoms with van der Waals surface area (Å²) in [6.07, 6.45) is 0.945. The second-order valence-corrected chi connectivity index (χ2v) is 11.6. The zero-order valence-corrected chi connectivity index (χ0v) is 22.4. The molecule has 8 heteroatoms. The maximum Gasteiger partial charge on any atom is 0.251 e. The van der Waals surface area contributed by atoms with Crippen molar-refractivity contribution in [3.63, 3.8) is 0 Å². The number of carbonyl (C=O) groups excluding carboxylic acids is 1. The van der Waals surface area contributed by atoms with Gasteiger partial charge in [0.25, 0.3) is 5.91 Å². The minimum Gasteiger partial charge on any atom is -0.491 e. The molecule has 0 aliphatic carbocycles. The van der Waals surface area contributed by atoms with E-state index in [9.17, 15) is 13.2 Å². The molecule has 0 aromatic heterocycles. The molecular weight excluding hydrogens is 488 g/mol. The number of anilines is 1. The number of sulfone groups is 1. The lowest BCUT2D eigenvalue weighted by molar-refractivity contribution is 0.0951. The van der Waals surface area contributed by atoms with E-state index < -0.39 is 9.84 Å². The molecule has 1 aliphatic rings. The molecule has 196 valence electrons. The molecule has 1 N–H and O–H groups in total. The van der Waals surface area contributed by atoms with Crippen LogP contribution in [0.15, 0.2) is 71.6 Å². The molecule has 0 bridgehead atoms. The molecule has 1 amide bonds. The van der Waals surface area contributed by atoms with E-state index in [1.807, 2.05) is 56.3 Å². The monoisotopic (exact) mass is 522 g/mol. The maximum atomic E-state index is 12.6. The zero-order valence-electron chi connectivity index (χ0n) is 21.6. The molecule has 0 saturated carbocycles. The van der Waals surface area contributed by atoms with Gasteiger partial charge in [-0.25, -0.2) is 8.42 Å². The van der Waals surface area contributed by atoms with E-state index in [4.69, 9.17) is 9.47 Å². The number of carbonyl (C=O) groups is 1. The average molecular weight is 523 g/mol. The Morgan fingerprint density at radius 1 is 1.03 bits per heavy atom. The van der Waals surface area contributed by atoms with Gasteiger partial charge in [0.05, 0.1) is 29.0 Å². The van der Waals surface area contributed by atoms with Crippen molar-refractivity contribution in [2.24, 2.45) is 0 Å². The molecule has 0 atom stereocenters. The summed E-state index contributed by atoms with van der Waals surface area (Å²) in [4.78, 5) is 15.2. The van der Waals surface area contributed by atoms with Crippen LogP contribution in [0.2, 0.25) is 0 Å². The van der Waals surface area contributed by atoms with Crippen molar-refractivity contribution in [3.05, 3.63) is 83.4 Å². The SMILES string of the molecule is CCS(=O)(=O)c1ccc(CNC(=O)c2ccc(CCN3CCOc4ccc(OC(C)C)cc43)cc2)cc1. The lowest BCUT2D eigenvalue weighted by atomic mass is 10.1. The van der Waals surface area contributed by atoms with Gasteiger partial charge in [0, 0.05) is 24.7 Å². The lowest BCUT2D eigenvalue weighted by Gasteiger charge is -2.31. The second kappa shape index (κ2) is 11.7. The summed E-state index contributed by atoms with van der Waals surface area (Å²) in [6, 6.07) is 20.2. The molecule has 1 heterocycles. The van der Waals surface area contributed by atoms with Crippen molar-refractivity contribution in [1.82, 2.24) is 5.32 Å². The Hall–Kier alpha value is -3.52. The summed E-state index contributed by atoms with van der Waals surface area (Å²) >= 11 is 0. The fourth-order valence-corrected chi connectivity index (χ4v) is 5.07. The third-order valence-corrected chi connectivity index (χ3v) is 8.01. The van der Waals surface area contributed by atoms with E-state index in [1.54, 1.807) is 31.2 Å². The van der Waals surface area contributed by atoms with Crippen molar-refractivity contribution >= 4 is 21.4 Å². The Kier molecular flexibility index (Phi) is 8.38. The molecule has 37 heavy (non-hydrogen) atoms. The van der Waals surface area contributed by atoms with Crippen LogP contribution in [0, 0.1) is 0 Å². The first-order chi connectivity index (χ1) is 17.7. The van der Waals surface area contributed by atoms with Gasteiger partial charge in [-0.3, -0.25) is 4.79 Å². The highest BCUT2D eigenvalue weighted by atomic mass is 32.2. The Morgan fingerprint density at radius 2 is 1.73 bits per heavy atom. The van der Waals surface area contributed by atoms with Crippen LogP contribution in [0.25, 0.3) is 0 Å². The van der Waals surface area contributed by atoms with Gasteiger partial charge in [0.2, 0.25) is 0 Å². The molecular formula is C29H34N2O5S. The fraction of sp³-hybridized carbons (Fsp3) is 0.345. The van der Waals surface area contributed by atoms with E-state index in [2.05, 4.69) is 10.2 Å². The first-order valence-corrected chi connectivity index (χ1v) is 14.3. The second-order valence-electron chi connectivity index (χ2n) is 9.31. The Labute approximate surface area is 219 Å². The highest BCUT2D eigenvalue weighted by Gasteiger charge is 2.19. The Bertz CT molecular complexity index is 1320. The molecule has 0 fully saturated rings. The van der Waals surface area contributed by atoms with Crippen molar-refractivity contribution in [2.45, 2.75) is 44.7 Å². The van der Waals surface area contributed by atoms with Gasteiger partial charge >= 0.3 is 0 Å². The van der Waals surface area contributed by atoms with Gasteiger partial charge in [0.15, 0.2) is 9.84 Å². The maximum absolute atomic E-state index is 12.6. The topological polar surface area (TPSA) is 84.9 Å². The molecule has 1 aliphatic heterocycles. The minimum absolute atomic E-state index is 0.0625. The lowest BCUT2D eigenvalue weighted by Crippen LogP contribution is -2.34. The van der Waals surface area contributed by atoms with Gasteiger partial charge in [0.1, 0.15) is 18.1 Å². The van der Waals surface area contributed by atoms with Gasteiger partial charge in [-0.2, -0.15) is 0 Å². The average Bonchev–Trinajstić information content (AvgIpc) is 2.90. The molecule has 3 aromatic carbocycles. The van der Waals surface area contributed by atoms with Crippen molar-refractivity contribution < 1.29 is 22.7 Å². The standard InChI is InChI=1S/C29H34N2O5S/c1-4-37(33,34)26-12-7-23(8-13-26)20-30-29(32)24-9-5-22(6-10-24)15-16-31-17-18-35-28-14-11-25(19-27(28)31)36-21(2)3/h5-14,19,21H,4,15-18,20H2,1-3H3,(H,30,32). The molecule has 0 radical (unpaired) electrons. The number of fused-ring (bicyclic) bond motifs is 1. The van der Waals surface area contributed by atoms with Crippen LogP contribution >= 0.6 is 0 Å². The van der Waals surface area contributed by atoms with Gasteiger partial charge < -0.3 is 19.7 Å². The molecule has 0 saturated heterocycles. The first-order valence-electron chi connectivity index (χ1n) is 12.6. The van der Waals surface area contributed by atoms with Crippen LogP contribution in [0.1, 0.15) is 42.3 Å². The number of amides is 1. The molecule has 0 spiro atoms. The molecule has 4 rings (SSSR count). The van der Waals surface area contributed by atoms with E-state index in [-0.39, 0.29) is 17.8 Å². The van der Waals surface area contributed by atoms with Gasteiger partial charge in [-0.05, 0) is 67.8 Å². The van der Waals surface area contributed by atoms with Crippen molar-refractivity contribution in [2.75, 3.05) is 30.3 Å².